The van der Waals surface area contributed by atoms with Crippen LogP contribution in [0.3, 0.4) is 0 Å². The van der Waals surface area contributed by atoms with Gasteiger partial charge in [0.1, 0.15) is 0 Å². The molecule has 4 aromatic rings. The predicted octanol–water partition coefficient (Wildman–Crippen LogP) is 2.71. The standard InChI is InChI=1S/C23H21N3O6S/c1-5-31-19-10-14(6-8-17(19)32-13(2)27)11-20-22(28)26-23(33-20)24-21(25-26)15-7-9-16(29-3)18(12-15)30-4/h6-12H,5H2,1-4H3. The van der Waals surface area contributed by atoms with Crippen molar-refractivity contribution >= 4 is 28.3 Å². The van der Waals surface area contributed by atoms with Crippen molar-refractivity contribution in [3.63, 3.8) is 0 Å². The van der Waals surface area contributed by atoms with Crippen LogP contribution in [-0.2, 0) is 4.79 Å². The Balaban J connectivity index is 1.71. The lowest BCUT2D eigenvalue weighted by Gasteiger charge is -2.10. The molecule has 4 rings (SSSR count). The molecule has 0 radical (unpaired) electrons. The summed E-state index contributed by atoms with van der Waals surface area (Å²) in [7, 11) is 3.11. The number of ether oxygens (including phenoxy) is 4. The van der Waals surface area contributed by atoms with E-state index in [4.69, 9.17) is 18.9 Å². The first kappa shape index (κ1) is 22.3. The molecule has 0 aliphatic carbocycles. The quantitative estimate of drug-likeness (QED) is 0.302. The van der Waals surface area contributed by atoms with Crippen LogP contribution in [-0.4, -0.2) is 41.4 Å². The Labute approximate surface area is 192 Å². The maximum Gasteiger partial charge on any atom is 0.308 e. The average molecular weight is 468 g/mol. The van der Waals surface area contributed by atoms with Gasteiger partial charge in [0.2, 0.25) is 4.96 Å². The lowest BCUT2D eigenvalue weighted by Crippen LogP contribution is -2.23. The van der Waals surface area contributed by atoms with Crippen molar-refractivity contribution in [3.8, 4) is 34.4 Å². The summed E-state index contributed by atoms with van der Waals surface area (Å²) in [6.45, 7) is 3.56. The van der Waals surface area contributed by atoms with E-state index >= 15 is 0 Å². The van der Waals surface area contributed by atoms with E-state index in [0.29, 0.717) is 50.5 Å². The second kappa shape index (κ2) is 9.29. The molecular formula is C23H21N3O6S. The molecular weight excluding hydrogens is 446 g/mol. The Hall–Kier alpha value is -3.92. The summed E-state index contributed by atoms with van der Waals surface area (Å²) in [6.07, 6.45) is 1.72. The summed E-state index contributed by atoms with van der Waals surface area (Å²) < 4.78 is 23.1. The molecule has 2 heterocycles. The Bertz CT molecular complexity index is 1440. The molecule has 0 saturated carbocycles. The van der Waals surface area contributed by atoms with Gasteiger partial charge in [-0.2, -0.15) is 9.50 Å². The molecule has 0 saturated heterocycles. The van der Waals surface area contributed by atoms with Crippen LogP contribution >= 0.6 is 11.3 Å². The van der Waals surface area contributed by atoms with Gasteiger partial charge in [-0.25, -0.2) is 0 Å². The first-order chi connectivity index (χ1) is 15.9. The Morgan fingerprint density at radius 1 is 1.06 bits per heavy atom. The van der Waals surface area contributed by atoms with Gasteiger partial charge in [-0.15, -0.1) is 5.10 Å². The summed E-state index contributed by atoms with van der Waals surface area (Å²) in [5.74, 6) is 1.86. The van der Waals surface area contributed by atoms with Crippen LogP contribution in [0.4, 0.5) is 0 Å². The highest BCUT2D eigenvalue weighted by Crippen LogP contribution is 2.31. The summed E-state index contributed by atoms with van der Waals surface area (Å²) in [4.78, 5) is 29.2. The number of hydrogen-bond donors (Lipinski definition) is 0. The Morgan fingerprint density at radius 3 is 2.48 bits per heavy atom. The topological polar surface area (TPSA) is 101 Å². The van der Waals surface area contributed by atoms with Crippen molar-refractivity contribution in [1.82, 2.24) is 14.6 Å². The number of nitrogens with zero attached hydrogens (tertiary/aromatic N) is 3. The minimum Gasteiger partial charge on any atom is -0.493 e. The molecule has 0 aliphatic rings. The fourth-order valence-corrected chi connectivity index (χ4v) is 4.11. The molecule has 0 unspecified atom stereocenters. The van der Waals surface area contributed by atoms with Crippen LogP contribution in [0.25, 0.3) is 22.4 Å². The largest absolute Gasteiger partial charge is 0.493 e. The van der Waals surface area contributed by atoms with Crippen molar-refractivity contribution in [2.45, 2.75) is 13.8 Å². The van der Waals surface area contributed by atoms with Crippen LogP contribution in [0.1, 0.15) is 19.4 Å². The Kier molecular flexibility index (Phi) is 6.27. The van der Waals surface area contributed by atoms with Gasteiger partial charge in [0.15, 0.2) is 28.8 Å². The second-order valence-electron chi connectivity index (χ2n) is 6.85. The highest BCUT2D eigenvalue weighted by Gasteiger charge is 2.15. The highest BCUT2D eigenvalue weighted by atomic mass is 32.1. The minimum atomic E-state index is -0.439. The molecule has 0 fully saturated rings. The van der Waals surface area contributed by atoms with Gasteiger partial charge < -0.3 is 18.9 Å². The van der Waals surface area contributed by atoms with E-state index in [0.717, 1.165) is 5.56 Å². The van der Waals surface area contributed by atoms with E-state index in [9.17, 15) is 9.59 Å². The Morgan fingerprint density at radius 2 is 1.82 bits per heavy atom. The zero-order chi connectivity index (χ0) is 23.5. The van der Waals surface area contributed by atoms with Gasteiger partial charge in [0.05, 0.1) is 25.4 Å². The highest BCUT2D eigenvalue weighted by molar-refractivity contribution is 7.15. The number of benzene rings is 2. The number of fused-ring (bicyclic) bond motifs is 1. The molecule has 0 N–H and O–H groups in total. The molecule has 33 heavy (non-hydrogen) atoms. The third kappa shape index (κ3) is 4.51. The molecule has 0 amide bonds. The van der Waals surface area contributed by atoms with E-state index in [1.807, 2.05) is 6.92 Å². The first-order valence-electron chi connectivity index (χ1n) is 10.0. The predicted molar refractivity (Wildman–Crippen MR) is 123 cm³/mol. The van der Waals surface area contributed by atoms with Gasteiger partial charge in [-0.3, -0.25) is 9.59 Å². The fourth-order valence-electron chi connectivity index (χ4n) is 3.20. The van der Waals surface area contributed by atoms with Crippen LogP contribution < -0.4 is 29.0 Å². The molecule has 10 heteroatoms. The van der Waals surface area contributed by atoms with Crippen LogP contribution in [0.2, 0.25) is 0 Å². The number of rotatable bonds is 7. The van der Waals surface area contributed by atoms with Crippen molar-refractivity contribution in [3.05, 3.63) is 56.8 Å². The molecule has 0 bridgehead atoms. The maximum atomic E-state index is 12.9. The minimum absolute atomic E-state index is 0.281. The lowest BCUT2D eigenvalue weighted by molar-refractivity contribution is -0.132. The van der Waals surface area contributed by atoms with Gasteiger partial charge >= 0.3 is 5.97 Å². The van der Waals surface area contributed by atoms with Crippen LogP contribution in [0.5, 0.6) is 23.0 Å². The molecule has 2 aromatic carbocycles. The zero-order valence-corrected chi connectivity index (χ0v) is 19.3. The number of carbonyl (C=O) groups excluding carboxylic acids is 1. The number of esters is 1. The first-order valence-corrected chi connectivity index (χ1v) is 10.8. The van der Waals surface area contributed by atoms with E-state index in [-0.39, 0.29) is 5.56 Å². The molecule has 0 atom stereocenters. The van der Waals surface area contributed by atoms with E-state index in [1.165, 1.54) is 22.8 Å². The summed E-state index contributed by atoms with van der Waals surface area (Å²) in [5.41, 5.74) is 1.14. The van der Waals surface area contributed by atoms with Crippen molar-refractivity contribution in [2.75, 3.05) is 20.8 Å². The zero-order valence-electron chi connectivity index (χ0n) is 18.4. The third-order valence-electron chi connectivity index (χ3n) is 4.64. The molecule has 0 spiro atoms. The fraction of sp³-hybridized carbons (Fsp3) is 0.217. The number of hydrogen-bond acceptors (Lipinski definition) is 9. The lowest BCUT2D eigenvalue weighted by atomic mass is 10.2. The molecule has 2 aromatic heterocycles. The van der Waals surface area contributed by atoms with Crippen molar-refractivity contribution < 1.29 is 23.7 Å². The number of carbonyl (C=O) groups is 1. The average Bonchev–Trinajstić information content (AvgIpc) is 3.34. The molecule has 170 valence electrons. The van der Waals surface area contributed by atoms with E-state index in [2.05, 4.69) is 10.1 Å². The SMILES string of the molecule is CCOc1cc(C=c2sc3nc(-c4ccc(OC)c(OC)c4)nn3c2=O)ccc1OC(C)=O. The van der Waals surface area contributed by atoms with Crippen molar-refractivity contribution in [1.29, 1.82) is 0 Å². The van der Waals surface area contributed by atoms with Gasteiger partial charge in [-0.05, 0) is 48.9 Å². The molecule has 0 aliphatic heterocycles. The van der Waals surface area contributed by atoms with Crippen LogP contribution in [0, 0.1) is 0 Å². The van der Waals surface area contributed by atoms with Gasteiger partial charge in [0, 0.05) is 12.5 Å². The van der Waals surface area contributed by atoms with E-state index in [1.54, 1.807) is 56.7 Å². The van der Waals surface area contributed by atoms with Crippen molar-refractivity contribution in [2.24, 2.45) is 0 Å². The molecule has 9 nitrogen and oxygen atoms in total. The second-order valence-corrected chi connectivity index (χ2v) is 7.86. The van der Waals surface area contributed by atoms with E-state index < -0.39 is 5.97 Å². The smallest absolute Gasteiger partial charge is 0.308 e. The number of aromatic nitrogens is 3. The third-order valence-corrected chi connectivity index (χ3v) is 5.60. The number of thiazole rings is 1. The monoisotopic (exact) mass is 467 g/mol. The normalized spacial score (nSPS) is 11.6. The van der Waals surface area contributed by atoms with Gasteiger partial charge in [0.25, 0.3) is 5.56 Å². The summed E-state index contributed by atoms with van der Waals surface area (Å²) in [6, 6.07) is 10.4. The maximum absolute atomic E-state index is 12.9. The van der Waals surface area contributed by atoms with Gasteiger partial charge in [-0.1, -0.05) is 17.4 Å². The number of methoxy groups -OCH3 is 2. The van der Waals surface area contributed by atoms with Crippen LogP contribution in [0.15, 0.2) is 41.2 Å². The summed E-state index contributed by atoms with van der Waals surface area (Å²) >= 11 is 1.23. The summed E-state index contributed by atoms with van der Waals surface area (Å²) in [5, 5.41) is 4.37.